The van der Waals surface area contributed by atoms with E-state index in [1.807, 2.05) is 13.1 Å². The van der Waals surface area contributed by atoms with Crippen molar-refractivity contribution in [2.75, 3.05) is 13.1 Å². The van der Waals surface area contributed by atoms with Crippen LogP contribution in [0.4, 0.5) is 0 Å². The van der Waals surface area contributed by atoms with Gasteiger partial charge in [0.25, 0.3) is 0 Å². The number of imidazole rings is 1. The largest absolute Gasteiger partial charge is 0.342 e. The lowest BCUT2D eigenvalue weighted by Gasteiger charge is -2.21. The Kier molecular flexibility index (Phi) is 4.61. The van der Waals surface area contributed by atoms with Crippen LogP contribution in [0, 0.1) is 5.92 Å². The molecule has 2 aromatic rings. The standard InChI is InChI=1S/C20H28N4O2/c1-22-17-7-5-15(11-18(17)23(2)20(22)26)12-21-16-6-8-19(25)24(10-9-16)13-14-3-4-14/h5,7,11,14,16,21H,3-4,6,8-10,12-13H2,1-2H3/t16-/m1/s1. The number of likely N-dealkylation sites (tertiary alicyclic amines) is 1. The summed E-state index contributed by atoms with van der Waals surface area (Å²) < 4.78 is 3.37. The zero-order valence-electron chi connectivity index (χ0n) is 15.7. The molecule has 2 aliphatic rings. The molecule has 6 nitrogen and oxygen atoms in total. The van der Waals surface area contributed by atoms with Gasteiger partial charge in [-0.2, -0.15) is 0 Å². The SMILES string of the molecule is Cn1c(=O)n(C)c2cc(CN[C@@H]3CCC(=O)N(CC4CC4)CC3)ccc21. The van der Waals surface area contributed by atoms with Crippen LogP contribution >= 0.6 is 0 Å². The molecule has 140 valence electrons. The molecular formula is C20H28N4O2. The van der Waals surface area contributed by atoms with Crippen LogP contribution in [0.3, 0.4) is 0 Å². The number of carbonyl (C=O) groups is 1. The number of fused-ring (bicyclic) bond motifs is 1. The van der Waals surface area contributed by atoms with Gasteiger partial charge in [-0.1, -0.05) is 6.07 Å². The predicted octanol–water partition coefficient (Wildman–Crippen LogP) is 1.76. The summed E-state index contributed by atoms with van der Waals surface area (Å²) in [6.45, 7) is 2.60. The van der Waals surface area contributed by atoms with Gasteiger partial charge in [0, 0.05) is 46.2 Å². The summed E-state index contributed by atoms with van der Waals surface area (Å²) in [4.78, 5) is 26.4. The van der Waals surface area contributed by atoms with E-state index in [0.717, 1.165) is 49.4 Å². The highest BCUT2D eigenvalue weighted by Gasteiger charge is 2.29. The zero-order valence-corrected chi connectivity index (χ0v) is 15.7. The number of nitrogens with zero attached hydrogens (tertiary/aromatic N) is 3. The molecule has 2 fully saturated rings. The number of aromatic nitrogens is 2. The van der Waals surface area contributed by atoms with E-state index in [-0.39, 0.29) is 5.69 Å². The molecular weight excluding hydrogens is 328 g/mol. The summed E-state index contributed by atoms with van der Waals surface area (Å²) in [5.41, 5.74) is 3.09. The molecule has 1 atom stereocenters. The van der Waals surface area contributed by atoms with Crippen molar-refractivity contribution in [3.63, 3.8) is 0 Å². The molecule has 0 spiro atoms. The highest BCUT2D eigenvalue weighted by atomic mass is 16.2. The van der Waals surface area contributed by atoms with E-state index in [1.165, 1.54) is 18.4 Å². The highest BCUT2D eigenvalue weighted by molar-refractivity contribution is 5.77. The number of amides is 1. The van der Waals surface area contributed by atoms with E-state index in [9.17, 15) is 9.59 Å². The molecule has 1 saturated heterocycles. The number of hydrogen-bond donors (Lipinski definition) is 1. The average Bonchev–Trinajstić information content (AvgIpc) is 3.46. The van der Waals surface area contributed by atoms with Crippen molar-refractivity contribution in [1.29, 1.82) is 0 Å². The second kappa shape index (κ2) is 6.91. The first-order chi connectivity index (χ1) is 12.5. The van der Waals surface area contributed by atoms with Crippen molar-refractivity contribution in [1.82, 2.24) is 19.4 Å². The van der Waals surface area contributed by atoms with Gasteiger partial charge in [-0.15, -0.1) is 0 Å². The maximum atomic E-state index is 12.3. The quantitative estimate of drug-likeness (QED) is 0.888. The van der Waals surface area contributed by atoms with E-state index < -0.39 is 0 Å². The fraction of sp³-hybridized carbons (Fsp3) is 0.600. The second-order valence-corrected chi connectivity index (χ2v) is 7.91. The molecule has 1 aromatic carbocycles. The minimum atomic E-state index is 0.00291. The summed E-state index contributed by atoms with van der Waals surface area (Å²) >= 11 is 0. The fourth-order valence-corrected chi connectivity index (χ4v) is 3.97. The first-order valence-electron chi connectivity index (χ1n) is 9.68. The van der Waals surface area contributed by atoms with E-state index in [2.05, 4.69) is 22.3 Å². The van der Waals surface area contributed by atoms with Crippen LogP contribution in [0.1, 0.15) is 37.7 Å². The summed E-state index contributed by atoms with van der Waals surface area (Å²) in [7, 11) is 3.62. The van der Waals surface area contributed by atoms with E-state index in [1.54, 1.807) is 16.2 Å². The third kappa shape index (κ3) is 3.43. The number of nitrogens with one attached hydrogen (secondary N) is 1. The van der Waals surface area contributed by atoms with Crippen molar-refractivity contribution in [3.05, 3.63) is 34.2 Å². The van der Waals surface area contributed by atoms with Crippen LogP contribution in [0.5, 0.6) is 0 Å². The smallest absolute Gasteiger partial charge is 0.328 e. The van der Waals surface area contributed by atoms with Crippen LogP contribution < -0.4 is 11.0 Å². The normalized spacial score (nSPS) is 21.4. The summed E-state index contributed by atoms with van der Waals surface area (Å²) in [6, 6.07) is 6.56. The zero-order chi connectivity index (χ0) is 18.3. The molecule has 4 rings (SSSR count). The number of carbonyl (C=O) groups excluding carboxylic acids is 1. The number of hydrogen-bond acceptors (Lipinski definition) is 3. The van der Waals surface area contributed by atoms with Gasteiger partial charge < -0.3 is 10.2 Å². The second-order valence-electron chi connectivity index (χ2n) is 7.91. The molecule has 1 aliphatic carbocycles. The van der Waals surface area contributed by atoms with Crippen LogP contribution in [0.25, 0.3) is 11.0 Å². The fourth-order valence-electron chi connectivity index (χ4n) is 3.97. The summed E-state index contributed by atoms with van der Waals surface area (Å²) in [5.74, 6) is 1.08. The maximum Gasteiger partial charge on any atom is 0.328 e. The van der Waals surface area contributed by atoms with Crippen LogP contribution in [0.2, 0.25) is 0 Å². The van der Waals surface area contributed by atoms with Gasteiger partial charge in [0.15, 0.2) is 0 Å². The van der Waals surface area contributed by atoms with Gasteiger partial charge >= 0.3 is 5.69 Å². The van der Waals surface area contributed by atoms with Gasteiger partial charge in [0.2, 0.25) is 5.91 Å². The maximum absolute atomic E-state index is 12.3. The monoisotopic (exact) mass is 356 g/mol. The first-order valence-corrected chi connectivity index (χ1v) is 9.68. The number of rotatable bonds is 5. The van der Waals surface area contributed by atoms with Gasteiger partial charge in [-0.05, 0) is 49.3 Å². The molecule has 6 heteroatoms. The summed E-state index contributed by atoms with van der Waals surface area (Å²) in [6.07, 6.45) is 5.15. The van der Waals surface area contributed by atoms with Crippen molar-refractivity contribution in [2.45, 2.75) is 44.7 Å². The van der Waals surface area contributed by atoms with Crippen molar-refractivity contribution < 1.29 is 4.79 Å². The Balaban J connectivity index is 1.39. The third-order valence-electron chi connectivity index (χ3n) is 5.91. The van der Waals surface area contributed by atoms with E-state index in [4.69, 9.17) is 0 Å². The molecule has 2 heterocycles. The Bertz CT molecular complexity index is 878. The highest BCUT2D eigenvalue weighted by Crippen LogP contribution is 2.30. The molecule has 1 aromatic heterocycles. The Morgan fingerprint density at radius 2 is 1.81 bits per heavy atom. The van der Waals surface area contributed by atoms with E-state index in [0.29, 0.717) is 18.4 Å². The predicted molar refractivity (Wildman–Crippen MR) is 102 cm³/mol. The van der Waals surface area contributed by atoms with Gasteiger partial charge in [-0.3, -0.25) is 13.9 Å². The van der Waals surface area contributed by atoms with Crippen LogP contribution in [0.15, 0.2) is 23.0 Å². The molecule has 1 N–H and O–H groups in total. The number of benzene rings is 1. The molecule has 0 bridgehead atoms. The Hall–Kier alpha value is -2.08. The van der Waals surface area contributed by atoms with Crippen LogP contribution in [-0.2, 0) is 25.4 Å². The lowest BCUT2D eigenvalue weighted by Crippen LogP contribution is -2.33. The molecule has 1 aliphatic heterocycles. The van der Waals surface area contributed by atoms with Crippen molar-refractivity contribution in [2.24, 2.45) is 20.0 Å². The minimum Gasteiger partial charge on any atom is -0.342 e. The molecule has 1 saturated carbocycles. The molecule has 26 heavy (non-hydrogen) atoms. The molecule has 0 unspecified atom stereocenters. The Morgan fingerprint density at radius 3 is 2.58 bits per heavy atom. The van der Waals surface area contributed by atoms with Gasteiger partial charge in [0.1, 0.15) is 0 Å². The lowest BCUT2D eigenvalue weighted by atomic mass is 10.1. The number of aryl methyl sites for hydroxylation is 2. The third-order valence-corrected chi connectivity index (χ3v) is 5.91. The van der Waals surface area contributed by atoms with Gasteiger partial charge in [0.05, 0.1) is 11.0 Å². The van der Waals surface area contributed by atoms with E-state index >= 15 is 0 Å². The minimum absolute atomic E-state index is 0.00291. The van der Waals surface area contributed by atoms with Gasteiger partial charge in [-0.25, -0.2) is 4.79 Å². The Morgan fingerprint density at radius 1 is 1.04 bits per heavy atom. The molecule has 1 amide bonds. The topological polar surface area (TPSA) is 59.3 Å². The summed E-state index contributed by atoms with van der Waals surface area (Å²) in [5, 5.41) is 3.62. The van der Waals surface area contributed by atoms with Crippen molar-refractivity contribution >= 4 is 16.9 Å². The first kappa shape index (κ1) is 17.3. The van der Waals surface area contributed by atoms with Crippen molar-refractivity contribution in [3.8, 4) is 0 Å². The average molecular weight is 356 g/mol. The lowest BCUT2D eigenvalue weighted by molar-refractivity contribution is -0.130. The Labute approximate surface area is 153 Å². The van der Waals surface area contributed by atoms with Crippen LogP contribution in [-0.4, -0.2) is 39.1 Å². The molecule has 0 radical (unpaired) electrons.